The van der Waals surface area contributed by atoms with Crippen molar-refractivity contribution in [2.75, 3.05) is 0 Å². The molecule has 0 unspecified atom stereocenters. The van der Waals surface area contributed by atoms with Gasteiger partial charge in [0.15, 0.2) is 10.9 Å². The molecule has 0 aliphatic heterocycles. The average molecular weight is 264 g/mol. The van der Waals surface area contributed by atoms with E-state index in [1.165, 1.54) is 0 Å². The van der Waals surface area contributed by atoms with Crippen molar-refractivity contribution in [3.8, 4) is 0 Å². The standard InChI is InChI=1S/C5H12O8S2/c6-4(14(8,9)10)2-1-3-5(7)15(11,12)13/h4-7H,1-3H2,(H,8,9,10)(H,11,12,13)/t4-,5+. The van der Waals surface area contributed by atoms with Crippen LogP contribution in [0, 0.1) is 0 Å². The highest BCUT2D eigenvalue weighted by atomic mass is 32.2. The molecule has 0 spiro atoms. The van der Waals surface area contributed by atoms with Crippen LogP contribution in [0.2, 0.25) is 0 Å². The molecular formula is C5H12O8S2. The van der Waals surface area contributed by atoms with E-state index >= 15 is 0 Å². The molecule has 0 aromatic carbocycles. The zero-order chi connectivity index (χ0) is 12.3. The first kappa shape index (κ1) is 14.7. The molecule has 0 fully saturated rings. The summed E-state index contributed by atoms with van der Waals surface area (Å²) >= 11 is 0. The van der Waals surface area contributed by atoms with Crippen LogP contribution in [0.5, 0.6) is 0 Å². The highest BCUT2D eigenvalue weighted by Crippen LogP contribution is 2.10. The van der Waals surface area contributed by atoms with Gasteiger partial charge in [-0.1, -0.05) is 0 Å². The maximum Gasteiger partial charge on any atom is 0.291 e. The maximum atomic E-state index is 10.3. The normalized spacial score (nSPS) is 17.3. The van der Waals surface area contributed by atoms with Crippen LogP contribution in [-0.4, -0.2) is 47.0 Å². The Bertz CT molecular complexity index is 343. The molecule has 4 N–H and O–H groups in total. The van der Waals surface area contributed by atoms with Crippen molar-refractivity contribution < 1.29 is 36.2 Å². The fourth-order valence-corrected chi connectivity index (χ4v) is 1.69. The Morgan fingerprint density at radius 1 is 0.800 bits per heavy atom. The van der Waals surface area contributed by atoms with Gasteiger partial charge in [0, 0.05) is 0 Å². The lowest BCUT2D eigenvalue weighted by Crippen LogP contribution is -2.22. The highest BCUT2D eigenvalue weighted by Gasteiger charge is 2.22. The molecule has 0 aliphatic rings. The van der Waals surface area contributed by atoms with Gasteiger partial charge in [-0.3, -0.25) is 9.11 Å². The Kier molecular flexibility index (Phi) is 5.09. The molecule has 15 heavy (non-hydrogen) atoms. The Balaban J connectivity index is 4.03. The van der Waals surface area contributed by atoms with E-state index in [9.17, 15) is 16.8 Å². The van der Waals surface area contributed by atoms with Gasteiger partial charge in [-0.05, 0) is 19.3 Å². The van der Waals surface area contributed by atoms with Gasteiger partial charge in [-0.2, -0.15) is 16.8 Å². The Labute approximate surface area is 87.0 Å². The third-order valence-corrected chi connectivity index (χ3v) is 3.44. The Morgan fingerprint density at radius 3 is 1.27 bits per heavy atom. The smallest absolute Gasteiger partial charge is 0.291 e. The molecule has 0 amide bonds. The van der Waals surface area contributed by atoms with Crippen LogP contribution >= 0.6 is 0 Å². The second-order valence-electron chi connectivity index (χ2n) is 2.87. The van der Waals surface area contributed by atoms with Gasteiger partial charge in [-0.25, -0.2) is 0 Å². The number of hydrogen-bond donors (Lipinski definition) is 4. The van der Waals surface area contributed by atoms with Crippen molar-refractivity contribution in [1.29, 1.82) is 0 Å². The molecule has 0 aromatic rings. The molecule has 2 atom stereocenters. The number of hydrogen-bond acceptors (Lipinski definition) is 6. The third kappa shape index (κ3) is 6.02. The van der Waals surface area contributed by atoms with E-state index in [-0.39, 0.29) is 6.42 Å². The van der Waals surface area contributed by atoms with Crippen LogP contribution in [0.15, 0.2) is 0 Å². The Morgan fingerprint density at radius 2 is 1.07 bits per heavy atom. The third-order valence-electron chi connectivity index (χ3n) is 1.59. The summed E-state index contributed by atoms with van der Waals surface area (Å²) < 4.78 is 57.7. The molecule has 0 bridgehead atoms. The molecule has 0 radical (unpaired) electrons. The van der Waals surface area contributed by atoms with Gasteiger partial charge in [0.25, 0.3) is 20.2 Å². The van der Waals surface area contributed by atoms with E-state index in [1.807, 2.05) is 0 Å². The Hall–Kier alpha value is -0.260. The van der Waals surface area contributed by atoms with E-state index in [2.05, 4.69) is 0 Å². The van der Waals surface area contributed by atoms with Crippen LogP contribution in [0.1, 0.15) is 19.3 Å². The summed E-state index contributed by atoms with van der Waals surface area (Å²) in [6, 6.07) is 0. The summed E-state index contributed by atoms with van der Waals surface area (Å²) in [6.07, 6.45) is -1.07. The van der Waals surface area contributed by atoms with Crippen LogP contribution < -0.4 is 0 Å². The number of aliphatic hydroxyl groups is 2. The summed E-state index contributed by atoms with van der Waals surface area (Å²) in [4.78, 5) is 0. The second-order valence-corrected chi connectivity index (χ2v) is 6.02. The predicted octanol–water partition coefficient (Wildman–Crippen LogP) is -1.43. The van der Waals surface area contributed by atoms with Crippen LogP contribution in [0.25, 0.3) is 0 Å². The molecule has 0 rings (SSSR count). The minimum atomic E-state index is -4.57. The average Bonchev–Trinajstić information content (AvgIpc) is 2.00. The zero-order valence-corrected chi connectivity index (χ0v) is 9.15. The molecule has 10 heteroatoms. The first-order valence-corrected chi connectivity index (χ1v) is 6.84. The van der Waals surface area contributed by atoms with Gasteiger partial charge in [-0.15, -0.1) is 0 Å². The lowest BCUT2D eigenvalue weighted by molar-refractivity contribution is 0.194. The van der Waals surface area contributed by atoms with Gasteiger partial charge in [0.1, 0.15) is 0 Å². The maximum absolute atomic E-state index is 10.3. The number of rotatable bonds is 6. The minimum Gasteiger partial charge on any atom is -0.375 e. The molecule has 0 aliphatic carbocycles. The monoisotopic (exact) mass is 264 g/mol. The molecule has 92 valence electrons. The number of aliphatic hydroxyl groups excluding tert-OH is 2. The van der Waals surface area contributed by atoms with Crippen molar-refractivity contribution in [3.05, 3.63) is 0 Å². The van der Waals surface area contributed by atoms with Crippen LogP contribution in [0.3, 0.4) is 0 Å². The molecular weight excluding hydrogens is 252 g/mol. The molecule has 8 nitrogen and oxygen atoms in total. The SMILES string of the molecule is O=S(=O)(O)[C@H](O)CCC[C@H](O)S(=O)(=O)O. The fourth-order valence-electron chi connectivity index (χ4n) is 0.765. The summed E-state index contributed by atoms with van der Waals surface area (Å²) in [5.41, 5.74) is -4.04. The van der Waals surface area contributed by atoms with Gasteiger partial charge in [0.2, 0.25) is 0 Å². The second kappa shape index (κ2) is 5.18. The van der Waals surface area contributed by atoms with E-state index in [0.717, 1.165) is 0 Å². The van der Waals surface area contributed by atoms with E-state index in [1.54, 1.807) is 0 Å². The van der Waals surface area contributed by atoms with Crippen LogP contribution in [-0.2, 0) is 20.2 Å². The lowest BCUT2D eigenvalue weighted by atomic mass is 10.2. The molecule has 0 saturated carbocycles. The quantitative estimate of drug-likeness (QED) is 0.426. The summed E-state index contributed by atoms with van der Waals surface area (Å²) in [7, 11) is -9.15. The summed E-state index contributed by atoms with van der Waals surface area (Å²) in [6.45, 7) is 0. The van der Waals surface area contributed by atoms with E-state index in [0.29, 0.717) is 0 Å². The summed E-state index contributed by atoms with van der Waals surface area (Å²) in [5, 5.41) is 17.5. The van der Waals surface area contributed by atoms with E-state index in [4.69, 9.17) is 19.3 Å². The van der Waals surface area contributed by atoms with Crippen molar-refractivity contribution in [1.82, 2.24) is 0 Å². The molecule has 0 saturated heterocycles. The summed E-state index contributed by atoms with van der Waals surface area (Å²) in [5.74, 6) is 0. The lowest BCUT2D eigenvalue weighted by Gasteiger charge is -2.09. The highest BCUT2D eigenvalue weighted by molar-refractivity contribution is 7.86. The zero-order valence-electron chi connectivity index (χ0n) is 7.51. The molecule has 0 aromatic heterocycles. The molecule has 0 heterocycles. The fraction of sp³-hybridized carbons (Fsp3) is 1.00. The predicted molar refractivity (Wildman–Crippen MR) is 49.0 cm³/mol. The van der Waals surface area contributed by atoms with Gasteiger partial charge < -0.3 is 10.2 Å². The first-order valence-electron chi connectivity index (χ1n) is 3.84. The largest absolute Gasteiger partial charge is 0.375 e. The van der Waals surface area contributed by atoms with Crippen molar-refractivity contribution >= 4 is 20.2 Å². The van der Waals surface area contributed by atoms with Gasteiger partial charge >= 0.3 is 0 Å². The van der Waals surface area contributed by atoms with Crippen molar-refractivity contribution in [2.45, 2.75) is 30.1 Å². The van der Waals surface area contributed by atoms with Gasteiger partial charge in [0.05, 0.1) is 0 Å². The van der Waals surface area contributed by atoms with Crippen molar-refractivity contribution in [2.24, 2.45) is 0 Å². The van der Waals surface area contributed by atoms with Crippen molar-refractivity contribution in [3.63, 3.8) is 0 Å². The van der Waals surface area contributed by atoms with E-state index < -0.39 is 43.9 Å². The minimum absolute atomic E-state index is 0.193. The first-order chi connectivity index (χ1) is 6.55. The van der Waals surface area contributed by atoms with Crippen LogP contribution in [0.4, 0.5) is 0 Å². The topological polar surface area (TPSA) is 149 Å².